The van der Waals surface area contributed by atoms with Gasteiger partial charge >= 0.3 is 0 Å². The smallest absolute Gasteiger partial charge is 0.223 e. The Bertz CT molecular complexity index is 577. The van der Waals surface area contributed by atoms with Gasteiger partial charge in [0.25, 0.3) is 0 Å². The van der Waals surface area contributed by atoms with Crippen molar-refractivity contribution in [1.29, 1.82) is 0 Å². The van der Waals surface area contributed by atoms with Crippen LogP contribution in [0.5, 0.6) is 0 Å². The monoisotopic (exact) mass is 358 g/mol. The molecule has 2 rings (SSSR count). The minimum Gasteiger partial charge on any atom is -0.356 e. The van der Waals surface area contributed by atoms with E-state index in [1.807, 2.05) is 6.07 Å². The highest BCUT2D eigenvalue weighted by Gasteiger charge is 2.21. The molecule has 0 radical (unpaired) electrons. The summed E-state index contributed by atoms with van der Waals surface area (Å²) in [5.41, 5.74) is 1.30. The van der Waals surface area contributed by atoms with Gasteiger partial charge in [-0.3, -0.25) is 9.79 Å². The summed E-state index contributed by atoms with van der Waals surface area (Å²) in [6.07, 6.45) is 5.72. The molecule has 1 saturated carbocycles. The van der Waals surface area contributed by atoms with Crippen molar-refractivity contribution in [2.24, 2.45) is 10.9 Å². The van der Waals surface area contributed by atoms with Gasteiger partial charge in [-0.1, -0.05) is 63.4 Å². The summed E-state index contributed by atoms with van der Waals surface area (Å²) in [4.78, 5) is 16.4. The number of carbonyl (C=O) groups excluding carboxylic acids is 1. The molecular formula is C21H34N4O. The van der Waals surface area contributed by atoms with E-state index in [1.165, 1.54) is 24.8 Å². The van der Waals surface area contributed by atoms with Gasteiger partial charge in [-0.25, -0.2) is 0 Å². The molecule has 5 nitrogen and oxygen atoms in total. The van der Waals surface area contributed by atoms with Crippen LogP contribution in [-0.2, 0) is 10.2 Å². The molecule has 1 aliphatic carbocycles. The average molecular weight is 359 g/mol. The van der Waals surface area contributed by atoms with Crippen molar-refractivity contribution in [3.05, 3.63) is 35.9 Å². The molecule has 0 bridgehead atoms. The standard InChI is InChI=1S/C21H34N4O/c1-21(2,18-12-8-5-9-13-18)16-25-20(22-3)24-15-14-23-19(26)17-10-6-4-7-11-17/h5,8-9,12-13,17H,4,6-7,10-11,14-16H2,1-3H3,(H,23,26)(H2,22,24,25). The topological polar surface area (TPSA) is 65.5 Å². The summed E-state index contributed by atoms with van der Waals surface area (Å²) in [5.74, 6) is 1.19. The van der Waals surface area contributed by atoms with E-state index in [9.17, 15) is 4.79 Å². The Labute approximate surface area is 158 Å². The number of guanidine groups is 1. The third kappa shape index (κ3) is 6.36. The highest BCUT2D eigenvalue weighted by Crippen LogP contribution is 2.23. The number of nitrogens with zero attached hydrogens (tertiary/aromatic N) is 1. The number of hydrogen-bond donors (Lipinski definition) is 3. The van der Waals surface area contributed by atoms with E-state index in [1.54, 1.807) is 7.05 Å². The number of hydrogen-bond acceptors (Lipinski definition) is 2. The molecule has 1 aliphatic rings. The first-order valence-corrected chi connectivity index (χ1v) is 9.81. The third-order valence-electron chi connectivity index (χ3n) is 5.17. The largest absolute Gasteiger partial charge is 0.356 e. The van der Waals surface area contributed by atoms with Crippen LogP contribution < -0.4 is 16.0 Å². The number of nitrogens with one attached hydrogen (secondary N) is 3. The predicted molar refractivity (Wildman–Crippen MR) is 108 cm³/mol. The van der Waals surface area contributed by atoms with Gasteiger partial charge in [0.15, 0.2) is 5.96 Å². The van der Waals surface area contributed by atoms with E-state index >= 15 is 0 Å². The summed E-state index contributed by atoms with van der Waals surface area (Å²) in [6, 6.07) is 10.5. The maximum absolute atomic E-state index is 12.1. The van der Waals surface area contributed by atoms with Crippen molar-refractivity contribution in [3.8, 4) is 0 Å². The second kappa shape index (κ2) is 10.2. The van der Waals surface area contributed by atoms with E-state index in [4.69, 9.17) is 0 Å². The zero-order valence-corrected chi connectivity index (χ0v) is 16.5. The fourth-order valence-electron chi connectivity index (χ4n) is 3.39. The highest BCUT2D eigenvalue weighted by molar-refractivity contribution is 5.80. The molecule has 5 heteroatoms. The van der Waals surface area contributed by atoms with Crippen LogP contribution >= 0.6 is 0 Å². The Morgan fingerprint density at radius 3 is 2.35 bits per heavy atom. The Balaban J connectivity index is 1.68. The first kappa shape index (κ1) is 20.3. The molecule has 0 saturated heterocycles. The maximum Gasteiger partial charge on any atom is 0.223 e. The van der Waals surface area contributed by atoms with Crippen LogP contribution in [0.1, 0.15) is 51.5 Å². The number of benzene rings is 1. The second-order valence-corrected chi connectivity index (χ2v) is 7.73. The minimum atomic E-state index is 0.00801. The van der Waals surface area contributed by atoms with Gasteiger partial charge in [0.1, 0.15) is 0 Å². The summed E-state index contributed by atoms with van der Waals surface area (Å²) in [5, 5.41) is 9.71. The molecule has 1 fully saturated rings. The minimum absolute atomic E-state index is 0.00801. The van der Waals surface area contributed by atoms with Gasteiger partial charge in [0.2, 0.25) is 5.91 Å². The molecule has 0 atom stereocenters. The lowest BCUT2D eigenvalue weighted by Gasteiger charge is -2.27. The molecule has 1 aromatic carbocycles. The molecule has 3 N–H and O–H groups in total. The van der Waals surface area contributed by atoms with E-state index in [2.05, 4.69) is 59.1 Å². The Hall–Kier alpha value is -2.04. The lowest BCUT2D eigenvalue weighted by atomic mass is 9.85. The quantitative estimate of drug-likeness (QED) is 0.399. The molecule has 26 heavy (non-hydrogen) atoms. The van der Waals surface area contributed by atoms with Crippen LogP contribution in [0.15, 0.2) is 35.3 Å². The molecule has 1 amide bonds. The highest BCUT2D eigenvalue weighted by atomic mass is 16.1. The van der Waals surface area contributed by atoms with Gasteiger partial charge < -0.3 is 16.0 Å². The fraction of sp³-hybridized carbons (Fsp3) is 0.619. The van der Waals surface area contributed by atoms with E-state index in [0.717, 1.165) is 25.3 Å². The van der Waals surface area contributed by atoms with Crippen LogP contribution in [-0.4, -0.2) is 38.5 Å². The average Bonchev–Trinajstić information content (AvgIpc) is 2.68. The zero-order chi connectivity index (χ0) is 18.8. The Morgan fingerprint density at radius 2 is 1.69 bits per heavy atom. The summed E-state index contributed by atoms with van der Waals surface area (Å²) in [6.45, 7) is 6.51. The summed E-state index contributed by atoms with van der Waals surface area (Å²) >= 11 is 0. The van der Waals surface area contributed by atoms with Gasteiger partial charge in [-0.05, 0) is 18.4 Å². The number of carbonyl (C=O) groups is 1. The van der Waals surface area contributed by atoms with Gasteiger partial charge in [-0.15, -0.1) is 0 Å². The maximum atomic E-state index is 12.1. The normalized spacial score (nSPS) is 16.2. The molecular weight excluding hydrogens is 324 g/mol. The molecule has 0 unspecified atom stereocenters. The number of amides is 1. The third-order valence-corrected chi connectivity index (χ3v) is 5.17. The van der Waals surface area contributed by atoms with Crippen molar-refractivity contribution in [3.63, 3.8) is 0 Å². The Kier molecular flexibility index (Phi) is 7.95. The molecule has 0 aromatic heterocycles. The van der Waals surface area contributed by atoms with Crippen LogP contribution in [0.4, 0.5) is 0 Å². The lowest BCUT2D eigenvalue weighted by Crippen LogP contribution is -2.46. The summed E-state index contributed by atoms with van der Waals surface area (Å²) in [7, 11) is 1.77. The van der Waals surface area contributed by atoms with Gasteiger partial charge in [0.05, 0.1) is 0 Å². The van der Waals surface area contributed by atoms with E-state index in [-0.39, 0.29) is 17.2 Å². The number of rotatable bonds is 7. The van der Waals surface area contributed by atoms with Crippen LogP contribution in [0.3, 0.4) is 0 Å². The van der Waals surface area contributed by atoms with E-state index in [0.29, 0.717) is 13.1 Å². The first-order valence-electron chi connectivity index (χ1n) is 9.81. The molecule has 0 aliphatic heterocycles. The second-order valence-electron chi connectivity index (χ2n) is 7.73. The summed E-state index contributed by atoms with van der Waals surface area (Å²) < 4.78 is 0. The van der Waals surface area contributed by atoms with Crippen molar-refractivity contribution >= 4 is 11.9 Å². The van der Waals surface area contributed by atoms with Crippen molar-refractivity contribution in [1.82, 2.24) is 16.0 Å². The lowest BCUT2D eigenvalue weighted by molar-refractivity contribution is -0.125. The number of aliphatic imine (C=N–C) groups is 1. The SMILES string of the molecule is CN=C(NCCNC(=O)C1CCCCC1)NCC(C)(C)c1ccccc1. The fourth-order valence-corrected chi connectivity index (χ4v) is 3.39. The molecule has 0 spiro atoms. The van der Waals surface area contributed by atoms with Crippen LogP contribution in [0.2, 0.25) is 0 Å². The predicted octanol–water partition coefficient (Wildman–Crippen LogP) is 2.83. The van der Waals surface area contributed by atoms with Crippen molar-refractivity contribution in [2.75, 3.05) is 26.7 Å². The molecule has 1 aromatic rings. The first-order chi connectivity index (χ1) is 12.5. The molecule has 0 heterocycles. The Morgan fingerprint density at radius 1 is 1.04 bits per heavy atom. The molecule has 144 valence electrons. The van der Waals surface area contributed by atoms with Crippen molar-refractivity contribution < 1.29 is 4.79 Å². The van der Waals surface area contributed by atoms with Gasteiger partial charge in [-0.2, -0.15) is 0 Å². The van der Waals surface area contributed by atoms with Crippen molar-refractivity contribution in [2.45, 2.75) is 51.4 Å². The van der Waals surface area contributed by atoms with Crippen LogP contribution in [0, 0.1) is 5.92 Å². The zero-order valence-electron chi connectivity index (χ0n) is 16.5. The van der Waals surface area contributed by atoms with E-state index < -0.39 is 0 Å². The van der Waals surface area contributed by atoms with Gasteiger partial charge in [0, 0.05) is 38.0 Å². The van der Waals surface area contributed by atoms with Crippen LogP contribution in [0.25, 0.3) is 0 Å².